The van der Waals surface area contributed by atoms with Gasteiger partial charge in [0.25, 0.3) is 0 Å². The monoisotopic (exact) mass is 423 g/mol. The zero-order valence-electron chi connectivity index (χ0n) is 15.6. The van der Waals surface area contributed by atoms with E-state index in [0.717, 1.165) is 38.5 Å². The first-order valence-electron chi connectivity index (χ1n) is 9.59. The van der Waals surface area contributed by atoms with Crippen molar-refractivity contribution in [3.8, 4) is 0 Å². The van der Waals surface area contributed by atoms with Crippen LogP contribution in [0.2, 0.25) is 0 Å². The van der Waals surface area contributed by atoms with Gasteiger partial charge in [0.2, 0.25) is 0 Å². The van der Waals surface area contributed by atoms with Crippen LogP contribution in [0.4, 0.5) is 0 Å². The fourth-order valence-corrected chi connectivity index (χ4v) is 4.42. The van der Waals surface area contributed by atoms with Gasteiger partial charge in [-0.15, -0.1) is 0 Å². The Morgan fingerprint density at radius 1 is 1.27 bits per heavy atom. The predicted octanol–water partition coefficient (Wildman–Crippen LogP) is 2.82. The van der Waals surface area contributed by atoms with Gasteiger partial charge >= 0.3 is 0 Å². The van der Waals surface area contributed by atoms with Gasteiger partial charge in [0, 0.05) is 41.6 Å². The number of hydrogen-bond acceptors (Lipinski definition) is 3. The molecular weight excluding hydrogens is 394 g/mol. The molecule has 1 saturated heterocycles. The van der Waals surface area contributed by atoms with Crippen LogP contribution in [0.25, 0.3) is 0 Å². The highest BCUT2D eigenvalue weighted by Crippen LogP contribution is 2.49. The molecule has 1 aliphatic carbocycles. The number of nitrogens with zero attached hydrogens (tertiary/aromatic N) is 1. The maximum atomic E-state index is 9.39. The normalized spacial score (nSPS) is 24.5. The molecule has 1 aromatic rings. The lowest BCUT2D eigenvalue weighted by atomic mass is 9.84. The molecule has 0 amide bonds. The van der Waals surface area contributed by atoms with E-state index in [1.165, 1.54) is 22.9 Å². The van der Waals surface area contributed by atoms with E-state index in [1.807, 2.05) is 0 Å². The Balaban J connectivity index is 1.64. The minimum absolute atomic E-state index is 0.0170. The van der Waals surface area contributed by atoms with E-state index in [9.17, 15) is 5.11 Å². The van der Waals surface area contributed by atoms with Gasteiger partial charge in [-0.3, -0.25) is 4.99 Å². The second-order valence-electron chi connectivity index (χ2n) is 7.59. The third kappa shape index (κ3) is 4.59. The Bertz CT molecular complexity index is 625. The lowest BCUT2D eigenvalue weighted by molar-refractivity contribution is 0.131. The largest absolute Gasteiger partial charge is 0.396 e. The van der Waals surface area contributed by atoms with E-state index in [1.54, 1.807) is 0 Å². The first-order valence-corrected chi connectivity index (χ1v) is 10.4. The Morgan fingerprint density at radius 3 is 2.69 bits per heavy atom. The quantitative estimate of drug-likeness (QED) is 0.444. The zero-order chi connectivity index (χ0) is 18.5. The molecule has 26 heavy (non-hydrogen) atoms. The van der Waals surface area contributed by atoms with Crippen LogP contribution in [0.15, 0.2) is 33.7 Å². The fraction of sp³-hybridized carbons (Fsp3) is 0.650. The standard InChI is InChI=1S/C20H30BrN3O2/c1-2-22-18(23-13-19(9-11-25)10-12-26-15-19)24-14-20(7-8-20)16-5-3-4-6-17(16)21/h3-6,25H,2,7-15H2,1H3,(H2,22,23,24). The van der Waals surface area contributed by atoms with Gasteiger partial charge in [0.15, 0.2) is 5.96 Å². The number of hydrogen-bond donors (Lipinski definition) is 3. The third-order valence-corrected chi connectivity index (χ3v) is 6.33. The van der Waals surface area contributed by atoms with Crippen molar-refractivity contribution in [1.29, 1.82) is 0 Å². The van der Waals surface area contributed by atoms with Gasteiger partial charge in [-0.25, -0.2) is 0 Å². The summed E-state index contributed by atoms with van der Waals surface area (Å²) in [7, 11) is 0. The molecule has 6 heteroatoms. The van der Waals surface area contributed by atoms with E-state index in [-0.39, 0.29) is 17.4 Å². The highest BCUT2D eigenvalue weighted by Gasteiger charge is 2.45. The van der Waals surface area contributed by atoms with E-state index in [0.29, 0.717) is 13.2 Å². The maximum Gasteiger partial charge on any atom is 0.191 e. The number of nitrogens with one attached hydrogen (secondary N) is 2. The van der Waals surface area contributed by atoms with Crippen LogP contribution in [0.5, 0.6) is 0 Å². The molecule has 1 saturated carbocycles. The van der Waals surface area contributed by atoms with Gasteiger partial charge in [-0.1, -0.05) is 34.1 Å². The highest BCUT2D eigenvalue weighted by atomic mass is 79.9. The summed E-state index contributed by atoms with van der Waals surface area (Å²) >= 11 is 3.70. The highest BCUT2D eigenvalue weighted by molar-refractivity contribution is 9.10. The van der Waals surface area contributed by atoms with E-state index < -0.39 is 0 Å². The molecule has 3 rings (SSSR count). The molecule has 1 heterocycles. The smallest absolute Gasteiger partial charge is 0.191 e. The first kappa shape index (κ1) is 19.6. The minimum Gasteiger partial charge on any atom is -0.396 e. The number of halogens is 1. The topological polar surface area (TPSA) is 65.9 Å². The van der Waals surface area contributed by atoms with Crippen molar-refractivity contribution in [3.05, 3.63) is 34.3 Å². The average Bonchev–Trinajstić information content (AvgIpc) is 3.29. The molecule has 0 bridgehead atoms. The van der Waals surface area contributed by atoms with Crippen LogP contribution in [0, 0.1) is 5.41 Å². The van der Waals surface area contributed by atoms with Crippen molar-refractivity contribution in [1.82, 2.24) is 10.6 Å². The van der Waals surface area contributed by atoms with E-state index in [2.05, 4.69) is 57.8 Å². The number of aliphatic hydroxyl groups is 1. The molecule has 1 atom stereocenters. The summed E-state index contributed by atoms with van der Waals surface area (Å²) in [5.41, 5.74) is 1.57. The number of aliphatic imine (C=N–C) groups is 1. The predicted molar refractivity (Wildman–Crippen MR) is 109 cm³/mol. The van der Waals surface area contributed by atoms with Crippen LogP contribution in [-0.2, 0) is 10.2 Å². The van der Waals surface area contributed by atoms with Crippen LogP contribution in [-0.4, -0.2) is 50.5 Å². The number of aliphatic hydroxyl groups excluding tert-OH is 1. The molecule has 3 N–H and O–H groups in total. The number of ether oxygens (including phenoxy) is 1. The SMILES string of the molecule is CCNC(=NCC1(CCO)CCOC1)NCC1(c2ccccc2Br)CC1. The number of benzene rings is 1. The molecule has 1 unspecified atom stereocenters. The molecule has 0 spiro atoms. The molecule has 2 aliphatic rings. The van der Waals surface area contributed by atoms with E-state index in [4.69, 9.17) is 9.73 Å². The molecular formula is C20H30BrN3O2. The van der Waals surface area contributed by atoms with Gasteiger partial charge in [0.1, 0.15) is 0 Å². The second-order valence-corrected chi connectivity index (χ2v) is 8.44. The molecule has 2 fully saturated rings. The molecule has 1 aromatic carbocycles. The first-order chi connectivity index (χ1) is 12.6. The summed E-state index contributed by atoms with van der Waals surface area (Å²) in [6.45, 7) is 6.13. The van der Waals surface area contributed by atoms with Gasteiger partial charge in [0.05, 0.1) is 13.2 Å². The molecule has 0 radical (unpaired) electrons. The Morgan fingerprint density at radius 2 is 2.08 bits per heavy atom. The van der Waals surface area contributed by atoms with Crippen molar-refractivity contribution in [2.75, 3.05) is 39.5 Å². The van der Waals surface area contributed by atoms with Gasteiger partial charge in [-0.05, 0) is 44.2 Å². The molecule has 1 aliphatic heterocycles. The summed E-state index contributed by atoms with van der Waals surface area (Å²) in [5.74, 6) is 0.857. The Labute approximate surface area is 164 Å². The summed E-state index contributed by atoms with van der Waals surface area (Å²) < 4.78 is 6.76. The lowest BCUT2D eigenvalue weighted by Gasteiger charge is -2.25. The number of guanidine groups is 1. The van der Waals surface area contributed by atoms with Crippen molar-refractivity contribution in [3.63, 3.8) is 0 Å². The summed E-state index contributed by atoms with van der Waals surface area (Å²) in [6, 6.07) is 8.51. The Hall–Kier alpha value is -1.11. The van der Waals surface area contributed by atoms with Gasteiger partial charge < -0.3 is 20.5 Å². The number of rotatable bonds is 8. The molecule has 0 aromatic heterocycles. The molecule has 144 valence electrons. The van der Waals surface area contributed by atoms with Crippen molar-refractivity contribution < 1.29 is 9.84 Å². The van der Waals surface area contributed by atoms with Crippen molar-refractivity contribution in [2.45, 2.75) is 38.0 Å². The van der Waals surface area contributed by atoms with E-state index >= 15 is 0 Å². The zero-order valence-corrected chi connectivity index (χ0v) is 17.1. The van der Waals surface area contributed by atoms with Crippen LogP contribution >= 0.6 is 15.9 Å². The third-order valence-electron chi connectivity index (χ3n) is 5.64. The van der Waals surface area contributed by atoms with Crippen molar-refractivity contribution in [2.24, 2.45) is 10.4 Å². The van der Waals surface area contributed by atoms with Gasteiger partial charge in [-0.2, -0.15) is 0 Å². The Kier molecular flexibility index (Phi) is 6.59. The van der Waals surface area contributed by atoms with Crippen LogP contribution < -0.4 is 10.6 Å². The van der Waals surface area contributed by atoms with Crippen LogP contribution in [0.3, 0.4) is 0 Å². The van der Waals surface area contributed by atoms with Crippen molar-refractivity contribution >= 4 is 21.9 Å². The maximum absolute atomic E-state index is 9.39. The molecule has 5 nitrogen and oxygen atoms in total. The summed E-state index contributed by atoms with van der Waals surface area (Å²) in [4.78, 5) is 4.82. The fourth-order valence-electron chi connectivity index (χ4n) is 3.71. The average molecular weight is 424 g/mol. The van der Waals surface area contributed by atoms with Crippen LogP contribution in [0.1, 0.15) is 38.2 Å². The lowest BCUT2D eigenvalue weighted by Crippen LogP contribution is -2.42. The summed E-state index contributed by atoms with van der Waals surface area (Å²) in [6.07, 6.45) is 4.11. The minimum atomic E-state index is -0.0170. The summed E-state index contributed by atoms with van der Waals surface area (Å²) in [5, 5.41) is 16.3. The second kappa shape index (κ2) is 8.72.